The van der Waals surface area contributed by atoms with E-state index in [2.05, 4.69) is 4.98 Å². The molecule has 2 N–H and O–H groups in total. The van der Waals surface area contributed by atoms with Crippen LogP contribution < -0.4 is 4.74 Å². The second-order valence-electron chi connectivity index (χ2n) is 9.12. The van der Waals surface area contributed by atoms with Gasteiger partial charge in [0, 0.05) is 12.3 Å². The Kier molecular flexibility index (Phi) is 6.20. The summed E-state index contributed by atoms with van der Waals surface area (Å²) in [5, 5.41) is 23.2. The summed E-state index contributed by atoms with van der Waals surface area (Å²) in [6, 6.07) is 24.9. The molecule has 198 valence electrons. The van der Waals surface area contributed by atoms with Crippen molar-refractivity contribution in [3.05, 3.63) is 107 Å². The van der Waals surface area contributed by atoms with Crippen molar-refractivity contribution < 1.29 is 29.0 Å². The van der Waals surface area contributed by atoms with E-state index in [-0.39, 0.29) is 27.9 Å². The summed E-state index contributed by atoms with van der Waals surface area (Å²) in [7, 11) is 0. The van der Waals surface area contributed by atoms with E-state index >= 15 is 0 Å². The number of furan rings is 1. The number of nitrogens with zero attached hydrogens (tertiary/aromatic N) is 2. The van der Waals surface area contributed by atoms with Crippen molar-refractivity contribution in [1.29, 1.82) is 0 Å². The number of para-hydroxylation sites is 2. The second-order valence-corrected chi connectivity index (χ2v) is 10.1. The molecular formula is C31H22N2O6S. The van der Waals surface area contributed by atoms with Crippen LogP contribution in [0.25, 0.3) is 27.4 Å². The van der Waals surface area contributed by atoms with E-state index in [1.54, 1.807) is 49.4 Å². The summed E-state index contributed by atoms with van der Waals surface area (Å²) < 4.78 is 13.0. The van der Waals surface area contributed by atoms with E-state index < -0.39 is 17.4 Å². The average molecular weight is 551 g/mol. The molecule has 3 aromatic carbocycles. The molecule has 9 heteroatoms. The molecule has 0 aliphatic heterocycles. The Morgan fingerprint density at radius 3 is 2.27 bits per heavy atom. The lowest BCUT2D eigenvalue weighted by Crippen LogP contribution is -2.04. The fraction of sp³-hybridized carbons (Fsp3) is 0.0645. The highest BCUT2D eigenvalue weighted by Gasteiger charge is 2.33. The highest BCUT2D eigenvalue weighted by molar-refractivity contribution is 7.16. The molecule has 6 rings (SSSR count). The van der Waals surface area contributed by atoms with Crippen LogP contribution >= 0.6 is 11.3 Å². The van der Waals surface area contributed by atoms with Crippen molar-refractivity contribution in [2.45, 2.75) is 13.8 Å². The molecule has 3 heterocycles. The number of hydrogen-bond donors (Lipinski definition) is 2. The molecule has 0 spiro atoms. The maximum atomic E-state index is 13.8. The topological polar surface area (TPSA) is 115 Å². The molecule has 3 aromatic heterocycles. The first-order valence-electron chi connectivity index (χ1n) is 12.3. The Labute approximate surface area is 232 Å². The first kappa shape index (κ1) is 25.1. The molecule has 8 nitrogen and oxygen atoms in total. The third-order valence-electron chi connectivity index (χ3n) is 6.40. The zero-order valence-electron chi connectivity index (χ0n) is 21.4. The summed E-state index contributed by atoms with van der Waals surface area (Å²) in [4.78, 5) is 30.9. The maximum absolute atomic E-state index is 13.8. The van der Waals surface area contributed by atoms with E-state index in [9.17, 15) is 19.8 Å². The average Bonchev–Trinajstić information content (AvgIpc) is 3.63. The quantitative estimate of drug-likeness (QED) is 0.201. The van der Waals surface area contributed by atoms with Gasteiger partial charge >= 0.3 is 0 Å². The smallest absolute Gasteiger partial charge is 0.242 e. The summed E-state index contributed by atoms with van der Waals surface area (Å²) in [6.07, 6.45) is 0. The number of aromatic hydroxyl groups is 2. The van der Waals surface area contributed by atoms with Gasteiger partial charge in [0.1, 0.15) is 17.1 Å². The minimum absolute atomic E-state index is 0.00123. The third-order valence-corrected chi connectivity index (χ3v) is 7.64. The lowest BCUT2D eigenvalue weighted by atomic mass is 10.0. The lowest BCUT2D eigenvalue weighted by molar-refractivity contribution is 0.100. The fourth-order valence-electron chi connectivity index (χ4n) is 4.55. The number of thiazole rings is 1. The molecule has 0 radical (unpaired) electrons. The van der Waals surface area contributed by atoms with Gasteiger partial charge in [0.25, 0.3) is 0 Å². The highest BCUT2D eigenvalue weighted by atomic mass is 32.1. The highest BCUT2D eigenvalue weighted by Crippen LogP contribution is 2.45. The zero-order chi connectivity index (χ0) is 28.0. The van der Waals surface area contributed by atoms with Crippen molar-refractivity contribution in [1.82, 2.24) is 9.55 Å². The van der Waals surface area contributed by atoms with Gasteiger partial charge < -0.3 is 19.4 Å². The maximum Gasteiger partial charge on any atom is 0.242 e. The van der Waals surface area contributed by atoms with Crippen molar-refractivity contribution >= 4 is 33.9 Å². The molecule has 0 aliphatic rings. The molecule has 0 unspecified atom stereocenters. The number of hydrogen-bond acceptors (Lipinski definition) is 8. The number of carbonyl (C=O) groups is 2. The van der Waals surface area contributed by atoms with Crippen LogP contribution in [-0.2, 0) is 0 Å². The summed E-state index contributed by atoms with van der Waals surface area (Å²) >= 11 is 1.05. The number of carbonyl (C=O) groups excluding carboxylic acids is 2. The van der Waals surface area contributed by atoms with Crippen LogP contribution in [0.1, 0.15) is 38.4 Å². The van der Waals surface area contributed by atoms with Gasteiger partial charge in [0.2, 0.25) is 11.7 Å². The van der Waals surface area contributed by atoms with E-state index in [1.165, 1.54) is 11.5 Å². The first-order chi connectivity index (χ1) is 19.3. The number of ketones is 2. The summed E-state index contributed by atoms with van der Waals surface area (Å²) in [5.74, 6) is -0.800. The van der Waals surface area contributed by atoms with E-state index in [0.717, 1.165) is 16.7 Å². The van der Waals surface area contributed by atoms with Gasteiger partial charge in [-0.05, 0) is 61.0 Å². The Balaban J connectivity index is 1.52. The number of ether oxygens (including phenoxy) is 1. The fourth-order valence-corrected chi connectivity index (χ4v) is 5.52. The van der Waals surface area contributed by atoms with Crippen LogP contribution in [0, 0.1) is 6.92 Å². The molecule has 6 aromatic rings. The van der Waals surface area contributed by atoms with Gasteiger partial charge in [-0.3, -0.25) is 14.2 Å². The Morgan fingerprint density at radius 1 is 0.925 bits per heavy atom. The third kappa shape index (κ3) is 4.32. The number of aromatic nitrogens is 2. The van der Waals surface area contributed by atoms with Crippen molar-refractivity contribution in [2.75, 3.05) is 0 Å². The van der Waals surface area contributed by atoms with Gasteiger partial charge in [-0.2, -0.15) is 0 Å². The van der Waals surface area contributed by atoms with E-state index in [1.807, 2.05) is 42.5 Å². The van der Waals surface area contributed by atoms with Gasteiger partial charge in [0.15, 0.2) is 22.4 Å². The number of Topliss-reactive ketones (excluding diaryl/α,β-unsaturated/α-hetero) is 1. The van der Waals surface area contributed by atoms with Gasteiger partial charge in [-0.25, -0.2) is 4.98 Å². The molecule has 0 fully saturated rings. The predicted octanol–water partition coefficient (Wildman–Crippen LogP) is 7.29. The standard InChI is InChI=1S/C31H22N2O6S/c1-17-29(18(2)34)40-31(32-17)33-26(19-12-14-22(15-13-19)38-21-9-4-3-5-10-21)25(28(36)30(33)37)27(35)24-16-20-8-6-7-11-23(20)39-24/h3-16,36-37H,1-2H3. The van der Waals surface area contributed by atoms with Crippen molar-refractivity contribution in [3.63, 3.8) is 0 Å². The van der Waals surface area contributed by atoms with Crippen molar-refractivity contribution in [2.24, 2.45) is 0 Å². The molecule has 0 amide bonds. The van der Waals surface area contributed by atoms with Crippen LogP contribution in [0.5, 0.6) is 23.1 Å². The monoisotopic (exact) mass is 550 g/mol. The molecular weight excluding hydrogens is 528 g/mol. The van der Waals surface area contributed by atoms with E-state index in [0.29, 0.717) is 33.2 Å². The Morgan fingerprint density at radius 2 is 1.60 bits per heavy atom. The molecule has 0 atom stereocenters. The normalized spacial score (nSPS) is 11.2. The summed E-state index contributed by atoms with van der Waals surface area (Å²) in [5.41, 5.74) is 1.51. The van der Waals surface area contributed by atoms with Gasteiger partial charge in [-0.15, -0.1) is 0 Å². The molecule has 40 heavy (non-hydrogen) atoms. The molecule has 0 bridgehead atoms. The van der Waals surface area contributed by atoms with Gasteiger partial charge in [0.05, 0.1) is 21.8 Å². The van der Waals surface area contributed by atoms with Crippen LogP contribution in [0.4, 0.5) is 0 Å². The number of fused-ring (bicyclic) bond motifs is 1. The molecule has 0 saturated carbocycles. The minimum Gasteiger partial charge on any atom is -0.503 e. The molecule has 0 saturated heterocycles. The second kappa shape index (κ2) is 9.87. The van der Waals surface area contributed by atoms with E-state index in [4.69, 9.17) is 9.15 Å². The zero-order valence-corrected chi connectivity index (χ0v) is 22.2. The SMILES string of the molecule is CC(=O)c1sc(-n2c(O)c(O)c(C(=O)c3cc4ccccc4o3)c2-c2ccc(Oc3ccccc3)cc2)nc1C. The Hall–Kier alpha value is -5.15. The first-order valence-corrected chi connectivity index (χ1v) is 13.2. The van der Waals surface area contributed by atoms with Crippen molar-refractivity contribution in [3.8, 4) is 39.5 Å². The molecule has 0 aliphatic carbocycles. The lowest BCUT2D eigenvalue weighted by Gasteiger charge is -2.10. The minimum atomic E-state index is -0.623. The van der Waals surface area contributed by atoms with Crippen LogP contribution in [-0.4, -0.2) is 31.3 Å². The largest absolute Gasteiger partial charge is 0.503 e. The van der Waals surface area contributed by atoms with Crippen LogP contribution in [0.15, 0.2) is 89.3 Å². The van der Waals surface area contributed by atoms with Gasteiger partial charge in [-0.1, -0.05) is 47.7 Å². The number of rotatable bonds is 7. The Bertz CT molecular complexity index is 1860. The van der Waals surface area contributed by atoms with Crippen LogP contribution in [0.3, 0.4) is 0 Å². The number of benzene rings is 3. The number of aryl methyl sites for hydroxylation is 1. The summed E-state index contributed by atoms with van der Waals surface area (Å²) in [6.45, 7) is 3.12. The van der Waals surface area contributed by atoms with Crippen LogP contribution in [0.2, 0.25) is 0 Å². The predicted molar refractivity (Wildman–Crippen MR) is 151 cm³/mol.